The van der Waals surface area contributed by atoms with Gasteiger partial charge < -0.3 is 4.74 Å². The third-order valence-electron chi connectivity index (χ3n) is 4.76. The van der Waals surface area contributed by atoms with E-state index in [1.54, 1.807) is 27.8 Å². The first-order valence-corrected chi connectivity index (χ1v) is 11.6. The second-order valence-electron chi connectivity index (χ2n) is 6.75. The first-order chi connectivity index (χ1) is 12.8. The number of carbonyl (C=O) groups excluding carboxylic acids is 1. The first-order valence-electron chi connectivity index (χ1n) is 8.26. The van der Waals surface area contributed by atoms with Gasteiger partial charge in [0.1, 0.15) is 9.57 Å². The van der Waals surface area contributed by atoms with Gasteiger partial charge in [0.05, 0.1) is 23.2 Å². The van der Waals surface area contributed by atoms with Gasteiger partial charge in [-0.2, -0.15) is 0 Å². The van der Waals surface area contributed by atoms with Crippen molar-refractivity contribution in [2.45, 2.75) is 19.4 Å². The molecule has 0 spiro atoms. The van der Waals surface area contributed by atoms with Crippen LogP contribution in [0.25, 0.3) is 11.1 Å². The Morgan fingerprint density at radius 1 is 1.15 bits per heavy atom. The Hall–Kier alpha value is -1.54. The third-order valence-corrected chi connectivity index (χ3v) is 8.61. The molecule has 1 amide bonds. The maximum atomic E-state index is 13.6. The Kier molecular flexibility index (Phi) is 4.74. The minimum atomic E-state index is -0.517. The molecule has 1 aromatic heterocycles. The Bertz CT molecular complexity index is 1100. The van der Waals surface area contributed by atoms with E-state index in [4.69, 9.17) is 17.0 Å². The van der Waals surface area contributed by atoms with E-state index < -0.39 is 5.54 Å². The van der Waals surface area contributed by atoms with Crippen molar-refractivity contribution in [3.05, 3.63) is 61.2 Å². The van der Waals surface area contributed by atoms with Crippen molar-refractivity contribution in [1.29, 1.82) is 0 Å². The number of carbonyl (C=O) groups is 1. The quantitative estimate of drug-likeness (QED) is 0.297. The number of fused-ring (bicyclic) bond motifs is 3. The van der Waals surface area contributed by atoms with Crippen LogP contribution in [0, 0.1) is 3.82 Å². The van der Waals surface area contributed by atoms with Crippen molar-refractivity contribution in [3.8, 4) is 16.9 Å². The zero-order valence-electron chi connectivity index (χ0n) is 14.9. The molecule has 1 aliphatic heterocycles. The number of anilines is 1. The van der Waals surface area contributed by atoms with Crippen LogP contribution in [-0.4, -0.2) is 13.0 Å². The molecule has 0 fully saturated rings. The van der Waals surface area contributed by atoms with E-state index in [-0.39, 0.29) is 5.91 Å². The lowest BCUT2D eigenvalue weighted by Gasteiger charge is -2.43. The van der Waals surface area contributed by atoms with Gasteiger partial charge in [-0.3, -0.25) is 9.69 Å². The van der Waals surface area contributed by atoms with Crippen molar-refractivity contribution in [3.63, 3.8) is 0 Å². The fourth-order valence-corrected chi connectivity index (χ4v) is 6.96. The van der Waals surface area contributed by atoms with Gasteiger partial charge in [0, 0.05) is 27.2 Å². The molecule has 2 heterocycles. The van der Waals surface area contributed by atoms with Gasteiger partial charge in [-0.05, 0) is 50.2 Å². The topological polar surface area (TPSA) is 29.5 Å². The molecule has 4 rings (SSSR count). The van der Waals surface area contributed by atoms with Crippen LogP contribution < -0.4 is 9.64 Å². The molecule has 7 heteroatoms. The number of methoxy groups -OCH3 is 1. The molecule has 3 aromatic rings. The smallest absolute Gasteiger partial charge is 0.259 e. The van der Waals surface area contributed by atoms with E-state index in [2.05, 4.69) is 29.8 Å². The number of hydrogen-bond donors (Lipinski definition) is 0. The van der Waals surface area contributed by atoms with Crippen LogP contribution in [0.15, 0.2) is 46.9 Å². The van der Waals surface area contributed by atoms with Crippen LogP contribution in [0.5, 0.6) is 5.75 Å². The highest BCUT2D eigenvalue weighted by molar-refractivity contribution is 9.10. The second-order valence-corrected chi connectivity index (χ2v) is 10.5. The minimum absolute atomic E-state index is 0.0445. The summed E-state index contributed by atoms with van der Waals surface area (Å²) >= 11 is 9.05. The number of rotatable bonds is 2. The molecule has 0 saturated heterocycles. The van der Waals surface area contributed by atoms with Crippen molar-refractivity contribution in [1.82, 2.24) is 0 Å². The molecule has 0 bridgehead atoms. The normalized spacial score (nSPS) is 14.4. The van der Waals surface area contributed by atoms with Crippen LogP contribution in [0.4, 0.5) is 5.69 Å². The maximum absolute atomic E-state index is 13.6. The third kappa shape index (κ3) is 2.97. The number of nitrogens with zero attached hydrogens (tertiary/aromatic N) is 1. The zero-order chi connectivity index (χ0) is 19.3. The molecule has 3 nitrogen and oxygen atoms in total. The number of benzene rings is 2. The lowest BCUT2D eigenvalue weighted by Crippen LogP contribution is -2.47. The summed E-state index contributed by atoms with van der Waals surface area (Å²) in [6.45, 7) is 4.14. The Labute approximate surface area is 178 Å². The van der Waals surface area contributed by atoms with Crippen LogP contribution in [0.1, 0.15) is 29.1 Å². The summed E-state index contributed by atoms with van der Waals surface area (Å²) in [6.07, 6.45) is 0. The predicted octanol–water partition coefficient (Wildman–Crippen LogP) is 6.87. The molecular formula is C20H16BrNO2S3. The van der Waals surface area contributed by atoms with Crippen molar-refractivity contribution in [2.75, 3.05) is 12.0 Å². The second kappa shape index (κ2) is 6.81. The summed E-state index contributed by atoms with van der Waals surface area (Å²) in [7, 11) is 4.88. The fraction of sp³-hybridized carbons (Fsp3) is 0.200. The molecule has 138 valence electrons. The summed E-state index contributed by atoms with van der Waals surface area (Å²) in [5.74, 6) is 0.670. The zero-order valence-corrected chi connectivity index (χ0v) is 18.9. The molecule has 27 heavy (non-hydrogen) atoms. The minimum Gasteiger partial charge on any atom is -0.497 e. The summed E-state index contributed by atoms with van der Waals surface area (Å²) in [5, 5.41) is 0. The molecule has 0 unspecified atom stereocenters. The van der Waals surface area contributed by atoms with Crippen molar-refractivity contribution < 1.29 is 9.53 Å². The Morgan fingerprint density at radius 3 is 2.52 bits per heavy atom. The van der Waals surface area contributed by atoms with Gasteiger partial charge >= 0.3 is 0 Å². The summed E-state index contributed by atoms with van der Waals surface area (Å²) < 4.78 is 7.24. The molecule has 0 N–H and O–H groups in total. The molecule has 0 saturated carbocycles. The summed E-state index contributed by atoms with van der Waals surface area (Å²) in [5.41, 5.74) is 3.01. The highest BCUT2D eigenvalue weighted by atomic mass is 79.9. The van der Waals surface area contributed by atoms with Gasteiger partial charge in [-0.15, -0.1) is 0 Å². The number of amides is 1. The number of halogens is 1. The van der Waals surface area contributed by atoms with Crippen LogP contribution in [0.3, 0.4) is 0 Å². The average Bonchev–Trinajstić information content (AvgIpc) is 3.04. The van der Waals surface area contributed by atoms with Gasteiger partial charge in [0.2, 0.25) is 0 Å². The van der Waals surface area contributed by atoms with E-state index in [1.807, 2.05) is 47.4 Å². The SMILES string of the molecule is COc1ccc2c(c1)N(C(=O)c1ccc(Br)cc1)C(C)(C)c1ssc(=S)c1-2. The molecule has 1 aliphatic rings. The van der Waals surface area contributed by atoms with Gasteiger partial charge in [0.25, 0.3) is 5.91 Å². The van der Waals surface area contributed by atoms with Crippen LogP contribution in [0.2, 0.25) is 0 Å². The van der Waals surface area contributed by atoms with Gasteiger partial charge in [0.15, 0.2) is 0 Å². The molecule has 0 radical (unpaired) electrons. The molecule has 0 aliphatic carbocycles. The average molecular weight is 478 g/mol. The number of ether oxygens (including phenoxy) is 1. The van der Waals surface area contributed by atoms with Gasteiger partial charge in [-0.1, -0.05) is 48.8 Å². The highest BCUT2D eigenvalue weighted by Gasteiger charge is 2.43. The van der Waals surface area contributed by atoms with E-state index in [9.17, 15) is 4.79 Å². The highest BCUT2D eigenvalue weighted by Crippen LogP contribution is 2.53. The molecule has 2 aromatic carbocycles. The van der Waals surface area contributed by atoms with E-state index in [1.165, 1.54) is 0 Å². The number of hydrogen-bond acceptors (Lipinski definition) is 5. The van der Waals surface area contributed by atoms with Crippen molar-refractivity contribution in [2.24, 2.45) is 0 Å². The van der Waals surface area contributed by atoms with Crippen LogP contribution >= 0.6 is 48.8 Å². The maximum Gasteiger partial charge on any atom is 0.259 e. The molecule has 0 atom stereocenters. The van der Waals surface area contributed by atoms with Crippen LogP contribution in [-0.2, 0) is 5.54 Å². The fourth-order valence-electron chi connectivity index (χ4n) is 3.42. The Balaban J connectivity index is 1.97. The standard InChI is InChI=1S/C20H16BrNO2S3/c1-20(2)17-16(19(25)27-26-17)14-9-8-13(24-3)10-15(14)22(20)18(23)11-4-6-12(21)7-5-11/h4-10H,1-3H3. The van der Waals surface area contributed by atoms with E-state index in [0.717, 1.165) is 30.0 Å². The Morgan fingerprint density at radius 2 is 1.85 bits per heavy atom. The van der Waals surface area contributed by atoms with E-state index in [0.29, 0.717) is 11.3 Å². The lowest BCUT2D eigenvalue weighted by molar-refractivity contribution is 0.0961. The monoisotopic (exact) mass is 477 g/mol. The first kappa shape index (κ1) is 18.8. The molecular weight excluding hydrogens is 462 g/mol. The summed E-state index contributed by atoms with van der Waals surface area (Å²) in [4.78, 5) is 16.6. The largest absolute Gasteiger partial charge is 0.497 e. The lowest BCUT2D eigenvalue weighted by atomic mass is 9.87. The predicted molar refractivity (Wildman–Crippen MR) is 119 cm³/mol. The van der Waals surface area contributed by atoms with E-state index >= 15 is 0 Å². The van der Waals surface area contributed by atoms with Crippen molar-refractivity contribution >= 4 is 60.4 Å². The van der Waals surface area contributed by atoms with Gasteiger partial charge in [-0.25, -0.2) is 0 Å². The summed E-state index contributed by atoms with van der Waals surface area (Å²) in [6, 6.07) is 13.3.